The van der Waals surface area contributed by atoms with E-state index in [2.05, 4.69) is 50.0 Å². The van der Waals surface area contributed by atoms with Gasteiger partial charge in [0.2, 0.25) is 0 Å². The smallest absolute Gasteiger partial charge is 0.00187 e. The van der Waals surface area contributed by atoms with Crippen molar-refractivity contribution < 1.29 is 0 Å². The molecule has 0 N–H and O–H groups in total. The van der Waals surface area contributed by atoms with Gasteiger partial charge >= 0.3 is 0 Å². The topological polar surface area (TPSA) is 3.24 Å². The van der Waals surface area contributed by atoms with Crippen LogP contribution in [-0.2, 0) is 0 Å². The van der Waals surface area contributed by atoms with Crippen LogP contribution in [0, 0.1) is 0 Å². The molecule has 56 heavy (non-hydrogen) atoms. The molecule has 0 rings (SSSR count). The molecule has 1 heteroatoms. The number of allylic oxidation sites excluding steroid dienone is 4. The second-order valence-electron chi connectivity index (χ2n) is 18.4. The Kier molecular flexibility index (Phi) is 51.9. The predicted molar refractivity (Wildman–Crippen MR) is 260 cm³/mol. The number of hydrogen-bond donors (Lipinski definition) is 0. The minimum Gasteiger partial charge on any atom is -0.303 e. The molecular weight excluding hydrogens is 675 g/mol. The Labute approximate surface area is 357 Å². The van der Waals surface area contributed by atoms with E-state index in [1.165, 1.54) is 309 Å². The van der Waals surface area contributed by atoms with E-state index in [4.69, 9.17) is 0 Å². The Bertz CT molecular complexity index is 681. The van der Waals surface area contributed by atoms with Gasteiger partial charge < -0.3 is 4.90 Å². The highest BCUT2D eigenvalue weighted by molar-refractivity contribution is 4.82. The van der Waals surface area contributed by atoms with Crippen molar-refractivity contribution >= 4 is 0 Å². The van der Waals surface area contributed by atoms with Gasteiger partial charge in [0.1, 0.15) is 0 Å². The lowest BCUT2D eigenvalue weighted by Gasteiger charge is -2.22. The van der Waals surface area contributed by atoms with E-state index in [0.717, 1.165) is 0 Å². The number of hydrogen-bond acceptors (Lipinski definition) is 1. The van der Waals surface area contributed by atoms with Gasteiger partial charge in [0.25, 0.3) is 0 Å². The first-order chi connectivity index (χ1) is 27.8. The molecule has 0 atom stereocenters. The summed E-state index contributed by atoms with van der Waals surface area (Å²) < 4.78 is 0. The normalized spacial score (nSPS) is 12.1. The molecule has 0 aliphatic rings. The average molecular weight is 784 g/mol. The molecule has 0 aliphatic carbocycles. The zero-order valence-electron chi connectivity index (χ0n) is 39.7. The number of rotatable bonds is 50. The SMILES string of the molecule is CCCCCCCC/C=C\CCCCCCCCN(CCCCCCCC/C=C\CCCCCCCC)CCCCCCCCCCCCCCCCCCC. The van der Waals surface area contributed by atoms with Crippen molar-refractivity contribution in [3.05, 3.63) is 24.3 Å². The fourth-order valence-corrected chi connectivity index (χ4v) is 8.56. The average Bonchev–Trinajstić information content (AvgIpc) is 3.21. The van der Waals surface area contributed by atoms with Gasteiger partial charge in [-0.15, -0.1) is 0 Å². The van der Waals surface area contributed by atoms with Gasteiger partial charge in [-0.1, -0.05) is 263 Å². The van der Waals surface area contributed by atoms with Gasteiger partial charge in [0.15, 0.2) is 0 Å². The summed E-state index contributed by atoms with van der Waals surface area (Å²) in [6, 6.07) is 0. The Morgan fingerprint density at radius 2 is 0.357 bits per heavy atom. The quantitative estimate of drug-likeness (QED) is 0.0439. The molecule has 0 aromatic carbocycles. The molecule has 0 radical (unpaired) electrons. The molecule has 1 nitrogen and oxygen atoms in total. The Balaban J connectivity index is 4.01. The molecule has 0 spiro atoms. The second kappa shape index (κ2) is 52.5. The molecule has 0 saturated heterocycles. The van der Waals surface area contributed by atoms with Crippen molar-refractivity contribution in [3.63, 3.8) is 0 Å². The minimum atomic E-state index is 1.30. The molecule has 0 unspecified atom stereocenters. The molecule has 0 aliphatic heterocycles. The number of unbranched alkanes of at least 4 members (excludes halogenated alkanes) is 40. The van der Waals surface area contributed by atoms with Crippen molar-refractivity contribution in [2.45, 2.75) is 310 Å². The van der Waals surface area contributed by atoms with Gasteiger partial charge in [-0.05, 0) is 90.3 Å². The fourth-order valence-electron chi connectivity index (χ4n) is 8.56. The Hall–Kier alpha value is -0.560. The van der Waals surface area contributed by atoms with Crippen molar-refractivity contribution in [2.75, 3.05) is 19.6 Å². The third-order valence-electron chi connectivity index (χ3n) is 12.6. The van der Waals surface area contributed by atoms with Crippen LogP contribution in [0.2, 0.25) is 0 Å². The van der Waals surface area contributed by atoms with Gasteiger partial charge in [0, 0.05) is 0 Å². The van der Waals surface area contributed by atoms with Crippen LogP contribution in [0.5, 0.6) is 0 Å². The van der Waals surface area contributed by atoms with E-state index in [-0.39, 0.29) is 0 Å². The lowest BCUT2D eigenvalue weighted by atomic mass is 10.0. The zero-order chi connectivity index (χ0) is 40.3. The standard InChI is InChI=1S/C55H109N/c1-4-7-10-13-16-19-22-25-28-31-34-37-40-43-46-49-52-55-56(53-50-47-44-41-38-35-32-29-26-23-20-17-14-11-8-5-2)54-51-48-45-42-39-36-33-30-27-24-21-18-15-12-9-6-3/h26-27,29-30H,4-25,28,31-55H2,1-3H3/b29-26-,30-27-. The highest BCUT2D eigenvalue weighted by Crippen LogP contribution is 2.16. The van der Waals surface area contributed by atoms with Gasteiger partial charge in [-0.2, -0.15) is 0 Å². The molecular formula is C55H109N. The van der Waals surface area contributed by atoms with Crippen LogP contribution in [0.1, 0.15) is 310 Å². The molecule has 0 fully saturated rings. The van der Waals surface area contributed by atoms with Gasteiger partial charge in [0.05, 0.1) is 0 Å². The highest BCUT2D eigenvalue weighted by atomic mass is 15.1. The van der Waals surface area contributed by atoms with E-state index in [0.29, 0.717) is 0 Å². The molecule has 0 saturated carbocycles. The lowest BCUT2D eigenvalue weighted by Crippen LogP contribution is -2.27. The van der Waals surface area contributed by atoms with E-state index < -0.39 is 0 Å². The molecule has 334 valence electrons. The largest absolute Gasteiger partial charge is 0.303 e. The predicted octanol–water partition coefficient (Wildman–Crippen LogP) is 20.0. The Morgan fingerprint density at radius 3 is 0.554 bits per heavy atom. The molecule has 0 aromatic rings. The van der Waals surface area contributed by atoms with Crippen LogP contribution in [0.3, 0.4) is 0 Å². The maximum absolute atomic E-state index is 2.87. The van der Waals surface area contributed by atoms with Crippen molar-refractivity contribution in [2.24, 2.45) is 0 Å². The summed E-state index contributed by atoms with van der Waals surface area (Å²) in [4.78, 5) is 2.87. The summed E-state index contributed by atoms with van der Waals surface area (Å²) in [7, 11) is 0. The van der Waals surface area contributed by atoms with Crippen LogP contribution in [0.25, 0.3) is 0 Å². The summed E-state index contributed by atoms with van der Waals surface area (Å²) in [5, 5.41) is 0. The second-order valence-corrected chi connectivity index (χ2v) is 18.4. The lowest BCUT2D eigenvalue weighted by molar-refractivity contribution is 0.254. The van der Waals surface area contributed by atoms with Crippen molar-refractivity contribution in [3.8, 4) is 0 Å². The summed E-state index contributed by atoms with van der Waals surface area (Å²) in [6.07, 6.45) is 74.1. The molecule has 0 amide bonds. The maximum atomic E-state index is 2.87. The Morgan fingerprint density at radius 1 is 0.196 bits per heavy atom. The van der Waals surface area contributed by atoms with Crippen molar-refractivity contribution in [1.82, 2.24) is 4.90 Å². The summed E-state index contributed by atoms with van der Waals surface area (Å²) in [5.74, 6) is 0. The zero-order valence-corrected chi connectivity index (χ0v) is 39.7. The van der Waals surface area contributed by atoms with E-state index >= 15 is 0 Å². The molecule has 0 aromatic heterocycles. The van der Waals surface area contributed by atoms with E-state index in [9.17, 15) is 0 Å². The van der Waals surface area contributed by atoms with Crippen LogP contribution >= 0.6 is 0 Å². The summed E-state index contributed by atoms with van der Waals surface area (Å²) in [5.41, 5.74) is 0. The maximum Gasteiger partial charge on any atom is -0.00187 e. The monoisotopic (exact) mass is 784 g/mol. The van der Waals surface area contributed by atoms with E-state index in [1.807, 2.05) is 0 Å². The third kappa shape index (κ3) is 49.6. The van der Waals surface area contributed by atoms with Gasteiger partial charge in [-0.3, -0.25) is 0 Å². The minimum absolute atomic E-state index is 1.30. The van der Waals surface area contributed by atoms with Crippen LogP contribution < -0.4 is 0 Å². The van der Waals surface area contributed by atoms with Crippen LogP contribution in [0.4, 0.5) is 0 Å². The van der Waals surface area contributed by atoms with Gasteiger partial charge in [-0.25, -0.2) is 0 Å². The summed E-state index contributed by atoms with van der Waals surface area (Å²) in [6.45, 7) is 11.0. The fraction of sp³-hybridized carbons (Fsp3) is 0.927. The van der Waals surface area contributed by atoms with Crippen LogP contribution in [0.15, 0.2) is 24.3 Å². The first-order valence-corrected chi connectivity index (χ1v) is 26.9. The highest BCUT2D eigenvalue weighted by Gasteiger charge is 2.05. The first kappa shape index (κ1) is 55.4. The van der Waals surface area contributed by atoms with E-state index in [1.54, 1.807) is 0 Å². The third-order valence-corrected chi connectivity index (χ3v) is 12.6. The molecule has 0 heterocycles. The van der Waals surface area contributed by atoms with Crippen LogP contribution in [-0.4, -0.2) is 24.5 Å². The number of nitrogens with zero attached hydrogens (tertiary/aromatic N) is 1. The molecule has 0 bridgehead atoms. The van der Waals surface area contributed by atoms with Crippen molar-refractivity contribution in [1.29, 1.82) is 0 Å². The first-order valence-electron chi connectivity index (χ1n) is 26.9. The summed E-state index contributed by atoms with van der Waals surface area (Å²) >= 11 is 0.